The van der Waals surface area contributed by atoms with Gasteiger partial charge in [-0.3, -0.25) is 14.4 Å². The van der Waals surface area contributed by atoms with Crippen molar-refractivity contribution in [1.29, 1.82) is 0 Å². The summed E-state index contributed by atoms with van der Waals surface area (Å²) in [5.74, 6) is -0.671. The number of carbonyl (C=O) groups excluding carboxylic acids is 3. The van der Waals surface area contributed by atoms with E-state index in [2.05, 4.69) is 20.5 Å². The highest BCUT2D eigenvalue weighted by Crippen LogP contribution is 2.44. The van der Waals surface area contributed by atoms with Gasteiger partial charge in [0.1, 0.15) is 5.82 Å². The van der Waals surface area contributed by atoms with Crippen molar-refractivity contribution in [2.24, 2.45) is 5.92 Å². The summed E-state index contributed by atoms with van der Waals surface area (Å²) in [4.78, 5) is 45.6. The Hall–Kier alpha value is -3.62. The highest BCUT2D eigenvalue weighted by atomic mass is 16.2. The fourth-order valence-electron chi connectivity index (χ4n) is 4.48. The first-order chi connectivity index (χ1) is 16.6. The molecule has 1 unspecified atom stereocenters. The maximum atomic E-state index is 12.8. The summed E-state index contributed by atoms with van der Waals surface area (Å²) in [6, 6.07) is 7.16. The number of nitrogens with zero attached hydrogens (tertiary/aromatic N) is 3. The van der Waals surface area contributed by atoms with Gasteiger partial charge in [-0.25, -0.2) is 4.98 Å². The molecule has 2 aromatic rings. The number of pyridine rings is 1. The van der Waals surface area contributed by atoms with Crippen LogP contribution in [-0.4, -0.2) is 49.3 Å². The van der Waals surface area contributed by atoms with E-state index in [1.165, 1.54) is 12.3 Å². The lowest BCUT2D eigenvalue weighted by Crippen LogP contribution is -2.46. The second kappa shape index (κ2) is 7.81. The molecule has 1 atom stereocenters. The predicted octanol–water partition coefficient (Wildman–Crippen LogP) is 2.48. The third kappa shape index (κ3) is 3.53. The molecule has 0 radical (unpaired) electrons. The lowest BCUT2D eigenvalue weighted by Gasteiger charge is -2.39. The van der Waals surface area contributed by atoms with Crippen LogP contribution in [0.4, 0.5) is 28.6 Å². The number of aromatic nitrogens is 1. The molecule has 1 aromatic carbocycles. The zero-order valence-corrected chi connectivity index (χ0v) is 17.6. The van der Waals surface area contributed by atoms with Crippen molar-refractivity contribution in [2.45, 2.75) is 31.7 Å². The van der Waals surface area contributed by atoms with Crippen molar-refractivity contribution in [3.63, 3.8) is 0 Å². The Bertz CT molecular complexity index is 1210. The van der Waals surface area contributed by atoms with Gasteiger partial charge in [0, 0.05) is 49.3 Å². The van der Waals surface area contributed by atoms with E-state index in [1.807, 2.05) is 35.5 Å². The SMILES string of the molecule is [2H]C([2H])([2H])NC(=O)c1cnc(NC(=O)C2CC2)cc1Nc1cccc2c1N(C)CC1CCC(=O)N21. The molecule has 0 bridgehead atoms. The van der Waals surface area contributed by atoms with Gasteiger partial charge in [0.15, 0.2) is 0 Å². The summed E-state index contributed by atoms with van der Waals surface area (Å²) < 4.78 is 22.2. The van der Waals surface area contributed by atoms with Crippen LogP contribution in [0.1, 0.15) is 40.2 Å². The highest BCUT2D eigenvalue weighted by molar-refractivity contribution is 6.05. The number of anilines is 5. The van der Waals surface area contributed by atoms with E-state index in [0.717, 1.165) is 30.6 Å². The number of hydrogen-bond donors (Lipinski definition) is 3. The van der Waals surface area contributed by atoms with Crippen molar-refractivity contribution in [2.75, 3.05) is 41.0 Å². The van der Waals surface area contributed by atoms with Crippen LogP contribution in [-0.2, 0) is 9.59 Å². The van der Waals surface area contributed by atoms with E-state index in [-0.39, 0.29) is 40.8 Å². The molecular weight excluding hydrogens is 408 g/mol. The molecule has 3 heterocycles. The Morgan fingerprint density at radius 3 is 2.84 bits per heavy atom. The first-order valence-electron chi connectivity index (χ1n) is 12.2. The lowest BCUT2D eigenvalue weighted by molar-refractivity contribution is -0.118. The number of likely N-dealkylation sites (N-methyl/N-ethyl adjacent to an activating group) is 1. The fraction of sp³-hybridized carbons (Fsp3) is 0.391. The number of nitrogens with one attached hydrogen (secondary N) is 3. The van der Waals surface area contributed by atoms with Crippen LogP contribution in [0, 0.1) is 5.92 Å². The average Bonchev–Trinajstić information content (AvgIpc) is 3.56. The topological polar surface area (TPSA) is 107 Å². The molecule has 0 spiro atoms. The molecule has 1 aliphatic carbocycles. The van der Waals surface area contributed by atoms with E-state index >= 15 is 0 Å². The molecule has 9 heteroatoms. The number of benzene rings is 1. The minimum Gasteiger partial charge on any atom is -0.369 e. The number of fused-ring (bicyclic) bond motifs is 3. The number of amides is 3. The maximum absolute atomic E-state index is 12.8. The number of carbonyl (C=O) groups is 3. The summed E-state index contributed by atoms with van der Waals surface area (Å²) >= 11 is 0. The molecule has 1 saturated carbocycles. The molecule has 3 aliphatic rings. The molecular formula is C23H26N6O3. The van der Waals surface area contributed by atoms with Crippen molar-refractivity contribution < 1.29 is 18.5 Å². The van der Waals surface area contributed by atoms with Gasteiger partial charge < -0.3 is 25.8 Å². The van der Waals surface area contributed by atoms with Crippen LogP contribution >= 0.6 is 0 Å². The number of rotatable bonds is 5. The Kier molecular flexibility index (Phi) is 4.15. The standard InChI is InChI=1S/C23H26N6O3/c1-24-23(32)15-11-25-19(27-22(31)13-6-7-13)10-17(15)26-16-4-3-5-18-21(16)28(2)12-14-8-9-20(30)29(14)18/h3-5,10-11,13-14H,6-9,12H2,1-2H3,(H,24,32)(H2,25,26,27,31)/i1D3. The largest absolute Gasteiger partial charge is 0.369 e. The maximum Gasteiger partial charge on any atom is 0.254 e. The van der Waals surface area contributed by atoms with E-state index in [1.54, 1.807) is 0 Å². The molecule has 1 aromatic heterocycles. The van der Waals surface area contributed by atoms with Gasteiger partial charge in [-0.1, -0.05) is 6.07 Å². The van der Waals surface area contributed by atoms with Gasteiger partial charge in [-0.2, -0.15) is 0 Å². The Morgan fingerprint density at radius 2 is 2.06 bits per heavy atom. The number of para-hydroxylation sites is 1. The van der Waals surface area contributed by atoms with Gasteiger partial charge in [-0.15, -0.1) is 0 Å². The zero-order chi connectivity index (χ0) is 24.9. The molecule has 3 amide bonds. The van der Waals surface area contributed by atoms with Crippen molar-refractivity contribution >= 4 is 46.3 Å². The molecule has 9 nitrogen and oxygen atoms in total. The van der Waals surface area contributed by atoms with Crippen LogP contribution < -0.4 is 25.8 Å². The summed E-state index contributed by atoms with van der Waals surface area (Å²) in [7, 11) is 1.94. The Morgan fingerprint density at radius 1 is 1.22 bits per heavy atom. The molecule has 166 valence electrons. The average molecular weight is 438 g/mol. The van der Waals surface area contributed by atoms with Gasteiger partial charge in [0.25, 0.3) is 5.91 Å². The zero-order valence-electron chi connectivity index (χ0n) is 20.6. The van der Waals surface area contributed by atoms with E-state index in [4.69, 9.17) is 4.11 Å². The quantitative estimate of drug-likeness (QED) is 0.664. The molecule has 3 N–H and O–H groups in total. The summed E-state index contributed by atoms with van der Waals surface area (Å²) in [5.41, 5.74) is 2.50. The molecule has 32 heavy (non-hydrogen) atoms. The van der Waals surface area contributed by atoms with Gasteiger partial charge in [0.2, 0.25) is 11.8 Å². The third-order valence-electron chi connectivity index (χ3n) is 6.20. The fourth-order valence-corrected chi connectivity index (χ4v) is 4.48. The lowest BCUT2D eigenvalue weighted by atomic mass is 10.1. The van der Waals surface area contributed by atoms with E-state index in [0.29, 0.717) is 18.7 Å². The first-order valence-corrected chi connectivity index (χ1v) is 10.7. The van der Waals surface area contributed by atoms with E-state index in [9.17, 15) is 14.4 Å². The van der Waals surface area contributed by atoms with Crippen LogP contribution in [0.15, 0.2) is 30.5 Å². The summed E-state index contributed by atoms with van der Waals surface area (Å²) in [6.07, 6.45) is 4.20. The van der Waals surface area contributed by atoms with Crippen LogP contribution in [0.3, 0.4) is 0 Å². The summed E-state index contributed by atoms with van der Waals surface area (Å²) in [6.45, 7) is -2.01. The van der Waals surface area contributed by atoms with Crippen LogP contribution in [0.25, 0.3) is 0 Å². The van der Waals surface area contributed by atoms with Crippen molar-refractivity contribution in [3.8, 4) is 0 Å². The normalized spacial score (nSPS) is 21.1. The van der Waals surface area contributed by atoms with Crippen molar-refractivity contribution in [1.82, 2.24) is 10.3 Å². The second-order valence-corrected chi connectivity index (χ2v) is 8.47. The molecule has 2 fully saturated rings. The molecule has 1 saturated heterocycles. The molecule has 2 aliphatic heterocycles. The minimum atomic E-state index is -2.68. The first kappa shape index (κ1) is 17.0. The smallest absolute Gasteiger partial charge is 0.254 e. The van der Waals surface area contributed by atoms with E-state index < -0.39 is 12.9 Å². The van der Waals surface area contributed by atoms with Crippen LogP contribution in [0.2, 0.25) is 0 Å². The predicted molar refractivity (Wildman–Crippen MR) is 122 cm³/mol. The second-order valence-electron chi connectivity index (χ2n) is 8.47. The third-order valence-corrected chi connectivity index (χ3v) is 6.20. The van der Waals surface area contributed by atoms with Gasteiger partial charge in [-0.05, 0) is 31.4 Å². The highest BCUT2D eigenvalue weighted by Gasteiger charge is 2.39. The minimum absolute atomic E-state index is 0.0109. The van der Waals surface area contributed by atoms with Crippen LogP contribution in [0.5, 0.6) is 0 Å². The monoisotopic (exact) mass is 437 g/mol. The Labute approximate surface area is 190 Å². The number of hydrogen-bond acceptors (Lipinski definition) is 6. The Balaban J connectivity index is 1.52. The van der Waals surface area contributed by atoms with Gasteiger partial charge in [0.05, 0.1) is 34.4 Å². The van der Waals surface area contributed by atoms with Gasteiger partial charge >= 0.3 is 0 Å². The molecule has 5 rings (SSSR count). The van der Waals surface area contributed by atoms with Crippen molar-refractivity contribution in [3.05, 3.63) is 36.0 Å². The summed E-state index contributed by atoms with van der Waals surface area (Å²) in [5, 5.41) is 7.98.